The molecule has 3 N–H and O–H groups in total. The standard InChI is InChI=1S/C31H57NO2/c33-31(34)29-32-28-24-19-17-15-13-11-9-7-5-3-1-2-4-6-8-10-12-14-16-18-21-25-30-26-22-20-23-27-30/h20,22-23,26-27,31-34H,1-19,21,24-25,28-29H2. The van der Waals surface area contributed by atoms with E-state index in [0.717, 1.165) is 13.0 Å². The summed E-state index contributed by atoms with van der Waals surface area (Å²) in [5.74, 6) is 0. The third kappa shape index (κ3) is 22.9. The van der Waals surface area contributed by atoms with Gasteiger partial charge in [0.2, 0.25) is 0 Å². The topological polar surface area (TPSA) is 52.5 Å². The maximum absolute atomic E-state index is 8.75. The van der Waals surface area contributed by atoms with E-state index in [0.29, 0.717) is 0 Å². The molecular formula is C31H57NO2. The van der Waals surface area contributed by atoms with E-state index >= 15 is 0 Å². The maximum Gasteiger partial charge on any atom is 0.164 e. The molecule has 1 aromatic carbocycles. The highest BCUT2D eigenvalue weighted by Gasteiger charge is 1.97. The summed E-state index contributed by atoms with van der Waals surface area (Å²) >= 11 is 0. The summed E-state index contributed by atoms with van der Waals surface area (Å²) in [6.07, 6.45) is 29.4. The molecule has 0 aliphatic carbocycles. The van der Waals surface area contributed by atoms with Gasteiger partial charge in [0.1, 0.15) is 0 Å². The first kappa shape index (κ1) is 31.1. The Morgan fingerprint density at radius 2 is 0.824 bits per heavy atom. The lowest BCUT2D eigenvalue weighted by Crippen LogP contribution is -2.26. The van der Waals surface area contributed by atoms with Crippen molar-refractivity contribution in [3.8, 4) is 0 Å². The Bertz CT molecular complexity index is 505. The van der Waals surface area contributed by atoms with Gasteiger partial charge in [-0.3, -0.25) is 0 Å². The van der Waals surface area contributed by atoms with Crippen molar-refractivity contribution in [1.29, 1.82) is 0 Å². The van der Waals surface area contributed by atoms with E-state index in [1.54, 1.807) is 0 Å². The van der Waals surface area contributed by atoms with Gasteiger partial charge in [0, 0.05) is 6.54 Å². The van der Waals surface area contributed by atoms with Crippen molar-refractivity contribution in [2.24, 2.45) is 0 Å². The predicted octanol–water partition coefficient (Wildman–Crippen LogP) is 8.32. The molecule has 0 unspecified atom stereocenters. The minimum Gasteiger partial charge on any atom is -0.367 e. The zero-order chi connectivity index (χ0) is 24.4. The Hall–Kier alpha value is -0.900. The monoisotopic (exact) mass is 475 g/mol. The van der Waals surface area contributed by atoms with Crippen LogP contribution in [-0.2, 0) is 6.42 Å². The summed E-state index contributed by atoms with van der Waals surface area (Å²) < 4.78 is 0. The average molecular weight is 476 g/mol. The van der Waals surface area contributed by atoms with Crippen LogP contribution in [0.1, 0.15) is 140 Å². The first-order valence-electron chi connectivity index (χ1n) is 14.9. The van der Waals surface area contributed by atoms with Gasteiger partial charge >= 0.3 is 0 Å². The molecule has 198 valence electrons. The van der Waals surface area contributed by atoms with E-state index in [2.05, 4.69) is 35.6 Å². The molecule has 34 heavy (non-hydrogen) atoms. The van der Waals surface area contributed by atoms with Crippen molar-refractivity contribution in [2.75, 3.05) is 13.1 Å². The van der Waals surface area contributed by atoms with Gasteiger partial charge in [-0.25, -0.2) is 0 Å². The third-order valence-electron chi connectivity index (χ3n) is 6.99. The van der Waals surface area contributed by atoms with Crippen molar-refractivity contribution in [2.45, 2.75) is 148 Å². The van der Waals surface area contributed by atoms with E-state index in [9.17, 15) is 0 Å². The normalized spacial score (nSPS) is 11.5. The lowest BCUT2D eigenvalue weighted by atomic mass is 10.0. The quantitative estimate of drug-likeness (QED) is 0.0932. The first-order valence-corrected chi connectivity index (χ1v) is 14.9. The van der Waals surface area contributed by atoms with Crippen molar-refractivity contribution >= 4 is 0 Å². The minimum atomic E-state index is -1.22. The largest absolute Gasteiger partial charge is 0.367 e. The van der Waals surface area contributed by atoms with Crippen molar-refractivity contribution in [3.05, 3.63) is 35.9 Å². The second-order valence-corrected chi connectivity index (χ2v) is 10.3. The zero-order valence-corrected chi connectivity index (χ0v) is 22.3. The fraction of sp³-hybridized carbons (Fsp3) is 0.806. The van der Waals surface area contributed by atoms with Crippen LogP contribution in [0.2, 0.25) is 0 Å². The van der Waals surface area contributed by atoms with Crippen LogP contribution in [0, 0.1) is 0 Å². The van der Waals surface area contributed by atoms with Crippen LogP contribution in [0.25, 0.3) is 0 Å². The molecule has 1 aromatic rings. The van der Waals surface area contributed by atoms with Gasteiger partial charge < -0.3 is 15.5 Å². The summed E-state index contributed by atoms with van der Waals surface area (Å²) in [5.41, 5.74) is 1.49. The molecule has 0 saturated heterocycles. The lowest BCUT2D eigenvalue weighted by Gasteiger charge is -2.06. The van der Waals surface area contributed by atoms with Crippen molar-refractivity contribution in [1.82, 2.24) is 5.32 Å². The number of rotatable bonds is 26. The number of aliphatic hydroxyl groups is 2. The number of aliphatic hydroxyl groups excluding tert-OH is 1. The molecule has 0 atom stereocenters. The maximum atomic E-state index is 8.75. The number of benzene rings is 1. The molecule has 0 saturated carbocycles. The van der Waals surface area contributed by atoms with Gasteiger partial charge in [-0.1, -0.05) is 152 Å². The minimum absolute atomic E-state index is 0.288. The van der Waals surface area contributed by atoms with E-state index in [4.69, 9.17) is 10.2 Å². The molecule has 0 aliphatic rings. The van der Waals surface area contributed by atoms with Crippen molar-refractivity contribution in [3.63, 3.8) is 0 Å². The number of nitrogens with one attached hydrogen (secondary N) is 1. The van der Waals surface area contributed by atoms with Crippen LogP contribution in [-0.4, -0.2) is 29.6 Å². The fourth-order valence-corrected chi connectivity index (χ4v) is 4.81. The smallest absolute Gasteiger partial charge is 0.164 e. The van der Waals surface area contributed by atoms with E-state index in [1.807, 2.05) is 0 Å². The van der Waals surface area contributed by atoms with Crippen LogP contribution in [0.5, 0.6) is 0 Å². The summed E-state index contributed by atoms with van der Waals surface area (Å²) in [7, 11) is 0. The summed E-state index contributed by atoms with van der Waals surface area (Å²) in [6, 6.07) is 10.9. The van der Waals surface area contributed by atoms with Gasteiger partial charge in [-0.15, -0.1) is 0 Å². The van der Waals surface area contributed by atoms with Crippen LogP contribution in [0.4, 0.5) is 0 Å². The predicted molar refractivity (Wildman–Crippen MR) is 148 cm³/mol. The van der Waals surface area contributed by atoms with Crippen molar-refractivity contribution < 1.29 is 10.2 Å². The summed E-state index contributed by atoms with van der Waals surface area (Å²) in [5, 5.41) is 20.5. The van der Waals surface area contributed by atoms with E-state index in [-0.39, 0.29) is 6.54 Å². The van der Waals surface area contributed by atoms with Crippen LogP contribution < -0.4 is 5.32 Å². The molecule has 0 aromatic heterocycles. The highest BCUT2D eigenvalue weighted by atomic mass is 16.5. The summed E-state index contributed by atoms with van der Waals surface area (Å²) in [6.45, 7) is 1.18. The Morgan fingerprint density at radius 3 is 1.21 bits per heavy atom. The number of unbranched alkanes of at least 4 members (excludes halogenated alkanes) is 20. The molecule has 0 amide bonds. The second kappa shape index (κ2) is 25.2. The number of hydrogen-bond donors (Lipinski definition) is 3. The highest BCUT2D eigenvalue weighted by Crippen LogP contribution is 2.15. The molecule has 0 radical (unpaired) electrons. The van der Waals surface area contributed by atoms with Gasteiger partial charge in [0.15, 0.2) is 6.29 Å². The molecule has 3 heteroatoms. The van der Waals surface area contributed by atoms with Gasteiger partial charge in [0.25, 0.3) is 0 Å². The Morgan fingerprint density at radius 1 is 0.471 bits per heavy atom. The Kier molecular flexibility index (Phi) is 23.1. The molecule has 0 fully saturated rings. The highest BCUT2D eigenvalue weighted by molar-refractivity contribution is 5.14. The van der Waals surface area contributed by atoms with Gasteiger partial charge in [0.05, 0.1) is 0 Å². The Labute approximate surface area is 212 Å². The van der Waals surface area contributed by atoms with E-state index in [1.165, 1.54) is 140 Å². The molecule has 1 rings (SSSR count). The molecule has 3 nitrogen and oxygen atoms in total. The third-order valence-corrected chi connectivity index (χ3v) is 6.99. The first-order chi connectivity index (χ1) is 16.8. The van der Waals surface area contributed by atoms with E-state index < -0.39 is 6.29 Å². The second-order valence-electron chi connectivity index (χ2n) is 10.3. The van der Waals surface area contributed by atoms with Crippen LogP contribution in [0.15, 0.2) is 30.3 Å². The summed E-state index contributed by atoms with van der Waals surface area (Å²) in [4.78, 5) is 0. The molecule has 0 bridgehead atoms. The van der Waals surface area contributed by atoms with Crippen LogP contribution >= 0.6 is 0 Å². The number of hydrogen-bond acceptors (Lipinski definition) is 3. The molecule has 0 aliphatic heterocycles. The molecule has 0 spiro atoms. The molecular weight excluding hydrogens is 418 g/mol. The SMILES string of the molecule is OC(O)CNCCCCCCCCCCCCCCCCCCCCCCCc1ccccc1. The van der Waals surface area contributed by atoms with Gasteiger partial charge in [-0.2, -0.15) is 0 Å². The van der Waals surface area contributed by atoms with Gasteiger partial charge in [-0.05, 0) is 31.4 Å². The Balaban J connectivity index is 1.64. The van der Waals surface area contributed by atoms with Crippen LogP contribution in [0.3, 0.4) is 0 Å². The number of aryl methyl sites for hydroxylation is 1. The zero-order valence-electron chi connectivity index (χ0n) is 22.3. The molecule has 0 heterocycles. The fourth-order valence-electron chi connectivity index (χ4n) is 4.81. The average Bonchev–Trinajstić information content (AvgIpc) is 2.84. The lowest BCUT2D eigenvalue weighted by molar-refractivity contribution is -0.0370.